The number of ether oxygens (including phenoxy) is 1. The lowest BCUT2D eigenvalue weighted by Crippen LogP contribution is -2.03. The Morgan fingerprint density at radius 3 is 2.86 bits per heavy atom. The van der Waals surface area contributed by atoms with Gasteiger partial charge in [-0.1, -0.05) is 6.58 Å². The van der Waals surface area contributed by atoms with Crippen LogP contribution >= 0.6 is 0 Å². The first-order valence-electron chi connectivity index (χ1n) is 4.49. The van der Waals surface area contributed by atoms with Crippen LogP contribution in [0.15, 0.2) is 24.8 Å². The Bertz CT molecular complexity index is 336. The largest absolute Gasteiger partial charge is 0.494 e. The molecule has 0 atom stereocenters. The van der Waals surface area contributed by atoms with Crippen LogP contribution in [0.3, 0.4) is 0 Å². The van der Waals surface area contributed by atoms with Crippen molar-refractivity contribution in [2.75, 3.05) is 6.61 Å². The van der Waals surface area contributed by atoms with Crippen molar-refractivity contribution in [2.45, 2.75) is 13.5 Å². The summed E-state index contributed by atoms with van der Waals surface area (Å²) in [4.78, 5) is 0. The van der Waals surface area contributed by atoms with E-state index in [9.17, 15) is 4.39 Å². The second kappa shape index (κ2) is 4.77. The highest BCUT2D eigenvalue weighted by Crippen LogP contribution is 2.19. The van der Waals surface area contributed by atoms with Gasteiger partial charge >= 0.3 is 0 Å². The van der Waals surface area contributed by atoms with Crippen LogP contribution in [0.1, 0.15) is 18.1 Å². The predicted molar refractivity (Wildman–Crippen MR) is 55.0 cm³/mol. The monoisotopic (exact) mass is 195 g/mol. The van der Waals surface area contributed by atoms with Gasteiger partial charge < -0.3 is 10.5 Å². The molecule has 0 aliphatic rings. The third-order valence-electron chi connectivity index (χ3n) is 1.91. The van der Waals surface area contributed by atoms with E-state index in [2.05, 4.69) is 6.58 Å². The predicted octanol–water partition coefficient (Wildman–Crippen LogP) is 2.29. The van der Waals surface area contributed by atoms with Crippen molar-refractivity contribution in [1.29, 1.82) is 0 Å². The number of rotatable bonds is 4. The van der Waals surface area contributed by atoms with Crippen LogP contribution < -0.4 is 5.73 Å². The Kier molecular flexibility index (Phi) is 3.65. The lowest BCUT2D eigenvalue weighted by Gasteiger charge is -2.11. The molecule has 0 aromatic heterocycles. The van der Waals surface area contributed by atoms with E-state index in [0.717, 1.165) is 5.56 Å². The van der Waals surface area contributed by atoms with E-state index in [1.807, 2.05) is 6.92 Å². The van der Waals surface area contributed by atoms with Crippen molar-refractivity contribution in [3.05, 3.63) is 41.7 Å². The summed E-state index contributed by atoms with van der Waals surface area (Å²) < 4.78 is 18.1. The minimum absolute atomic E-state index is 0.277. The molecule has 0 aliphatic carbocycles. The summed E-state index contributed by atoms with van der Waals surface area (Å²) in [5.74, 6) is 0.242. The summed E-state index contributed by atoms with van der Waals surface area (Å²) in [7, 11) is 0. The van der Waals surface area contributed by atoms with Gasteiger partial charge in [-0.2, -0.15) is 0 Å². The number of hydrogen-bond acceptors (Lipinski definition) is 2. The first-order valence-corrected chi connectivity index (χ1v) is 4.49. The summed E-state index contributed by atoms with van der Waals surface area (Å²) in [6.45, 7) is 6.44. The number of halogens is 1. The molecule has 0 aliphatic heterocycles. The molecule has 14 heavy (non-hydrogen) atoms. The highest BCUT2D eigenvalue weighted by Gasteiger charge is 2.06. The van der Waals surface area contributed by atoms with E-state index in [0.29, 0.717) is 17.9 Å². The maximum absolute atomic E-state index is 12.9. The van der Waals surface area contributed by atoms with Gasteiger partial charge in [0.2, 0.25) is 0 Å². The van der Waals surface area contributed by atoms with Crippen LogP contribution in [-0.2, 0) is 11.3 Å². The summed E-state index contributed by atoms with van der Waals surface area (Å²) in [6, 6.07) is 4.41. The first kappa shape index (κ1) is 10.7. The molecule has 1 aromatic carbocycles. The molecule has 0 spiro atoms. The van der Waals surface area contributed by atoms with E-state index >= 15 is 0 Å². The molecule has 0 amide bonds. The summed E-state index contributed by atoms with van der Waals surface area (Å²) in [5.41, 5.74) is 6.98. The molecular weight excluding hydrogens is 181 g/mol. The van der Waals surface area contributed by atoms with Crippen LogP contribution in [-0.4, -0.2) is 6.61 Å². The van der Waals surface area contributed by atoms with Crippen molar-refractivity contribution in [3.8, 4) is 0 Å². The molecule has 0 heterocycles. The van der Waals surface area contributed by atoms with Crippen LogP contribution in [0, 0.1) is 5.82 Å². The van der Waals surface area contributed by atoms with E-state index < -0.39 is 0 Å². The van der Waals surface area contributed by atoms with Crippen LogP contribution in [0.25, 0.3) is 5.76 Å². The minimum atomic E-state index is -0.293. The summed E-state index contributed by atoms with van der Waals surface area (Å²) in [6.07, 6.45) is 0. The van der Waals surface area contributed by atoms with Gasteiger partial charge in [0, 0.05) is 12.1 Å². The molecule has 0 radical (unpaired) electrons. The fraction of sp³-hybridized carbons (Fsp3) is 0.273. The smallest absolute Gasteiger partial charge is 0.123 e. The number of benzene rings is 1. The quantitative estimate of drug-likeness (QED) is 0.748. The third kappa shape index (κ3) is 2.33. The Morgan fingerprint density at radius 1 is 1.57 bits per heavy atom. The standard InChI is InChI=1S/C11H14FNO/c1-3-14-8(2)11-5-4-10(12)6-9(11)7-13/h4-6H,2-3,7,13H2,1H3. The van der Waals surface area contributed by atoms with Gasteiger partial charge in [0.15, 0.2) is 0 Å². The molecule has 2 N–H and O–H groups in total. The molecule has 0 saturated carbocycles. The highest BCUT2D eigenvalue weighted by molar-refractivity contribution is 5.61. The average molecular weight is 195 g/mol. The van der Waals surface area contributed by atoms with Gasteiger partial charge in [0.25, 0.3) is 0 Å². The van der Waals surface area contributed by atoms with Crippen molar-refractivity contribution in [2.24, 2.45) is 5.73 Å². The van der Waals surface area contributed by atoms with Crippen molar-refractivity contribution >= 4 is 5.76 Å². The molecular formula is C11H14FNO. The van der Waals surface area contributed by atoms with Crippen molar-refractivity contribution in [3.63, 3.8) is 0 Å². The second-order valence-corrected chi connectivity index (χ2v) is 2.86. The normalized spacial score (nSPS) is 9.93. The van der Waals surface area contributed by atoms with Gasteiger partial charge in [-0.25, -0.2) is 4.39 Å². The highest BCUT2D eigenvalue weighted by atomic mass is 19.1. The zero-order chi connectivity index (χ0) is 10.6. The molecule has 3 heteroatoms. The van der Waals surface area contributed by atoms with Gasteiger partial charge in [-0.05, 0) is 30.7 Å². The van der Waals surface area contributed by atoms with E-state index in [1.165, 1.54) is 12.1 Å². The van der Waals surface area contributed by atoms with E-state index in [4.69, 9.17) is 10.5 Å². The minimum Gasteiger partial charge on any atom is -0.494 e. The molecule has 0 bridgehead atoms. The van der Waals surface area contributed by atoms with E-state index in [1.54, 1.807) is 6.07 Å². The first-order chi connectivity index (χ1) is 6.69. The molecule has 1 rings (SSSR count). The van der Waals surface area contributed by atoms with Gasteiger partial charge in [-0.3, -0.25) is 0 Å². The summed E-state index contributed by atoms with van der Waals surface area (Å²) in [5, 5.41) is 0. The topological polar surface area (TPSA) is 35.2 Å². The Morgan fingerprint density at radius 2 is 2.29 bits per heavy atom. The fourth-order valence-electron chi connectivity index (χ4n) is 1.26. The lowest BCUT2D eigenvalue weighted by atomic mass is 10.1. The second-order valence-electron chi connectivity index (χ2n) is 2.86. The zero-order valence-electron chi connectivity index (χ0n) is 8.22. The van der Waals surface area contributed by atoms with Crippen LogP contribution in [0.2, 0.25) is 0 Å². The Hall–Kier alpha value is -1.35. The lowest BCUT2D eigenvalue weighted by molar-refractivity contribution is 0.299. The fourth-order valence-corrected chi connectivity index (χ4v) is 1.26. The molecule has 0 unspecified atom stereocenters. The summed E-state index contributed by atoms with van der Waals surface area (Å²) >= 11 is 0. The zero-order valence-corrected chi connectivity index (χ0v) is 8.22. The Labute approximate surface area is 83.2 Å². The third-order valence-corrected chi connectivity index (χ3v) is 1.91. The SMILES string of the molecule is C=C(OCC)c1ccc(F)cc1CN. The molecule has 76 valence electrons. The number of hydrogen-bond donors (Lipinski definition) is 1. The molecule has 1 aromatic rings. The maximum atomic E-state index is 12.9. The molecule has 0 fully saturated rings. The van der Waals surface area contributed by atoms with Crippen molar-refractivity contribution in [1.82, 2.24) is 0 Å². The molecule has 0 saturated heterocycles. The van der Waals surface area contributed by atoms with Crippen LogP contribution in [0.4, 0.5) is 4.39 Å². The number of nitrogens with two attached hydrogens (primary N) is 1. The van der Waals surface area contributed by atoms with Gasteiger partial charge in [0.05, 0.1) is 6.61 Å². The Balaban J connectivity index is 3.01. The van der Waals surface area contributed by atoms with E-state index in [-0.39, 0.29) is 12.4 Å². The average Bonchev–Trinajstić information content (AvgIpc) is 2.17. The van der Waals surface area contributed by atoms with Crippen molar-refractivity contribution < 1.29 is 9.13 Å². The van der Waals surface area contributed by atoms with Crippen LogP contribution in [0.5, 0.6) is 0 Å². The van der Waals surface area contributed by atoms with Gasteiger partial charge in [-0.15, -0.1) is 0 Å². The molecule has 2 nitrogen and oxygen atoms in total. The van der Waals surface area contributed by atoms with Gasteiger partial charge in [0.1, 0.15) is 11.6 Å². The maximum Gasteiger partial charge on any atom is 0.123 e.